The first-order valence-corrected chi connectivity index (χ1v) is 12.3. The number of nitrogens with zero attached hydrogens (tertiary/aromatic N) is 4. The van der Waals surface area contributed by atoms with Crippen LogP contribution in [-0.4, -0.2) is 62.6 Å². The highest BCUT2D eigenvalue weighted by Crippen LogP contribution is 2.20. The molecule has 2 heterocycles. The molecule has 0 unspecified atom stereocenters. The van der Waals surface area contributed by atoms with Gasteiger partial charge in [0.15, 0.2) is 5.82 Å². The van der Waals surface area contributed by atoms with Crippen molar-refractivity contribution < 1.29 is 14.4 Å². The van der Waals surface area contributed by atoms with Crippen LogP contribution in [-0.2, 0) is 20.9 Å². The number of aromatic nitrogens is 3. The molecule has 0 spiro atoms. The molecule has 2 aromatic rings. The maximum atomic E-state index is 13.1. The van der Waals surface area contributed by atoms with Crippen LogP contribution in [0.15, 0.2) is 30.3 Å². The van der Waals surface area contributed by atoms with E-state index in [0.717, 1.165) is 5.56 Å². The number of amides is 3. The maximum absolute atomic E-state index is 13.1. The number of carbonyl (C=O) groups excluding carboxylic acids is 3. The molecule has 3 rings (SSSR count). The third-order valence-electron chi connectivity index (χ3n) is 5.95. The molecule has 1 aliphatic heterocycles. The van der Waals surface area contributed by atoms with Gasteiger partial charge in [0.1, 0.15) is 11.9 Å². The normalized spacial score (nSPS) is 20.4. The number of carbonyl (C=O) groups is 3. The van der Waals surface area contributed by atoms with Crippen LogP contribution in [0.5, 0.6) is 0 Å². The fourth-order valence-electron chi connectivity index (χ4n) is 4.16. The Labute approximate surface area is 218 Å². The molecule has 1 aromatic carbocycles. The topological polar surface area (TPSA) is 135 Å². The fourth-order valence-corrected chi connectivity index (χ4v) is 4.16. The Balaban J connectivity index is 0.00000456. The molecule has 11 heteroatoms. The Morgan fingerprint density at radius 3 is 2.44 bits per heavy atom. The number of nitrogens with two attached hydrogens (primary N) is 1. The SMILES string of the molecule is CC(C)C[C@H]1NC(=O)CCCN(C(=O)[C@@H](C)N)CCn2nc(-c3ccccc3)nc2[C@@H](C)NC1=O.Cl. The van der Waals surface area contributed by atoms with Gasteiger partial charge in [0.2, 0.25) is 17.7 Å². The predicted molar refractivity (Wildman–Crippen MR) is 140 cm³/mol. The summed E-state index contributed by atoms with van der Waals surface area (Å²) in [5.41, 5.74) is 6.74. The molecule has 1 aliphatic rings. The average Bonchev–Trinajstić information content (AvgIpc) is 3.24. The lowest BCUT2D eigenvalue weighted by atomic mass is 10.0. The zero-order chi connectivity index (χ0) is 25.5. The van der Waals surface area contributed by atoms with Crippen LogP contribution in [0.1, 0.15) is 58.8 Å². The summed E-state index contributed by atoms with van der Waals surface area (Å²) in [6, 6.07) is 7.85. The highest BCUT2D eigenvalue weighted by Gasteiger charge is 2.27. The molecule has 0 bridgehead atoms. The number of nitrogens with one attached hydrogen (secondary N) is 2. The van der Waals surface area contributed by atoms with Crippen molar-refractivity contribution in [3.8, 4) is 11.4 Å². The van der Waals surface area contributed by atoms with E-state index in [9.17, 15) is 14.4 Å². The van der Waals surface area contributed by atoms with Gasteiger partial charge < -0.3 is 21.3 Å². The van der Waals surface area contributed by atoms with Crippen molar-refractivity contribution >= 4 is 30.1 Å². The van der Waals surface area contributed by atoms with Gasteiger partial charge in [-0.3, -0.25) is 14.4 Å². The molecule has 4 N–H and O–H groups in total. The minimum Gasteiger partial charge on any atom is -0.345 e. The summed E-state index contributed by atoms with van der Waals surface area (Å²) < 4.78 is 1.75. The first-order valence-electron chi connectivity index (χ1n) is 12.3. The van der Waals surface area contributed by atoms with Crippen molar-refractivity contribution in [2.75, 3.05) is 13.1 Å². The van der Waals surface area contributed by atoms with Crippen LogP contribution in [0.2, 0.25) is 0 Å². The molecule has 3 atom stereocenters. The predicted octanol–water partition coefficient (Wildman–Crippen LogP) is 2.04. The number of fused-ring (bicyclic) bond motifs is 1. The fraction of sp³-hybridized carbons (Fsp3) is 0.560. The Morgan fingerprint density at radius 1 is 1.11 bits per heavy atom. The van der Waals surface area contributed by atoms with E-state index in [1.165, 1.54) is 0 Å². The summed E-state index contributed by atoms with van der Waals surface area (Å²) in [4.78, 5) is 44.9. The Kier molecular flexibility index (Phi) is 10.9. The lowest BCUT2D eigenvalue weighted by Crippen LogP contribution is -2.49. The van der Waals surface area contributed by atoms with Crippen LogP contribution >= 0.6 is 12.4 Å². The highest BCUT2D eigenvalue weighted by atomic mass is 35.5. The van der Waals surface area contributed by atoms with E-state index in [0.29, 0.717) is 44.1 Å². The second-order valence-corrected chi connectivity index (χ2v) is 9.58. The second kappa shape index (κ2) is 13.4. The van der Waals surface area contributed by atoms with E-state index in [-0.39, 0.29) is 42.5 Å². The molecule has 10 nitrogen and oxygen atoms in total. The van der Waals surface area contributed by atoms with Crippen molar-refractivity contribution in [3.63, 3.8) is 0 Å². The van der Waals surface area contributed by atoms with E-state index in [2.05, 4.69) is 10.6 Å². The zero-order valence-electron chi connectivity index (χ0n) is 21.4. The van der Waals surface area contributed by atoms with E-state index < -0.39 is 18.1 Å². The first-order chi connectivity index (χ1) is 16.7. The van der Waals surface area contributed by atoms with E-state index >= 15 is 0 Å². The van der Waals surface area contributed by atoms with Crippen LogP contribution in [0.4, 0.5) is 0 Å². The quantitative estimate of drug-likeness (QED) is 0.565. The lowest BCUT2D eigenvalue weighted by molar-refractivity contribution is -0.133. The minimum atomic E-state index is -0.653. The van der Waals surface area contributed by atoms with Crippen molar-refractivity contribution in [3.05, 3.63) is 36.2 Å². The summed E-state index contributed by atoms with van der Waals surface area (Å²) in [7, 11) is 0. The molecular weight excluding hydrogens is 482 g/mol. The van der Waals surface area contributed by atoms with Gasteiger partial charge in [-0.25, -0.2) is 9.67 Å². The molecule has 0 saturated heterocycles. The van der Waals surface area contributed by atoms with Gasteiger partial charge in [0.05, 0.1) is 18.6 Å². The third-order valence-corrected chi connectivity index (χ3v) is 5.95. The molecule has 36 heavy (non-hydrogen) atoms. The van der Waals surface area contributed by atoms with Gasteiger partial charge in [0.25, 0.3) is 0 Å². The van der Waals surface area contributed by atoms with E-state index in [1.54, 1.807) is 16.5 Å². The number of hydrogen-bond acceptors (Lipinski definition) is 6. The highest BCUT2D eigenvalue weighted by molar-refractivity contribution is 5.88. The Hall–Kier alpha value is -2.98. The molecular formula is C25H38ClN7O3. The summed E-state index contributed by atoms with van der Waals surface area (Å²) in [5, 5.41) is 10.6. The summed E-state index contributed by atoms with van der Waals surface area (Å²) in [6.45, 7) is 8.66. The molecule has 198 valence electrons. The monoisotopic (exact) mass is 519 g/mol. The van der Waals surface area contributed by atoms with Gasteiger partial charge in [-0.2, -0.15) is 5.10 Å². The molecule has 0 aliphatic carbocycles. The maximum Gasteiger partial charge on any atom is 0.243 e. The number of hydrogen-bond donors (Lipinski definition) is 3. The largest absolute Gasteiger partial charge is 0.345 e. The Morgan fingerprint density at radius 2 is 1.81 bits per heavy atom. The van der Waals surface area contributed by atoms with Gasteiger partial charge in [-0.15, -0.1) is 12.4 Å². The van der Waals surface area contributed by atoms with Gasteiger partial charge in [-0.1, -0.05) is 44.2 Å². The average molecular weight is 520 g/mol. The van der Waals surface area contributed by atoms with E-state index in [4.69, 9.17) is 15.8 Å². The molecule has 0 fully saturated rings. The van der Waals surface area contributed by atoms with E-state index in [1.807, 2.05) is 51.1 Å². The van der Waals surface area contributed by atoms with Crippen molar-refractivity contribution in [1.82, 2.24) is 30.3 Å². The summed E-state index contributed by atoms with van der Waals surface area (Å²) in [6.07, 6.45) is 1.20. The van der Waals surface area contributed by atoms with Crippen LogP contribution in [0.3, 0.4) is 0 Å². The van der Waals surface area contributed by atoms with Crippen molar-refractivity contribution in [1.29, 1.82) is 0 Å². The second-order valence-electron chi connectivity index (χ2n) is 9.58. The third kappa shape index (κ3) is 7.76. The lowest BCUT2D eigenvalue weighted by Gasteiger charge is -2.26. The van der Waals surface area contributed by atoms with Crippen LogP contribution < -0.4 is 16.4 Å². The minimum absolute atomic E-state index is 0. The van der Waals surface area contributed by atoms with Crippen molar-refractivity contribution in [2.24, 2.45) is 11.7 Å². The molecule has 0 saturated carbocycles. The standard InChI is InChI=1S/C25H37N7O3.ClH/c1-16(2)15-20-24(34)27-18(4)23-29-22(19-9-6-5-7-10-19)30-32(23)14-13-31(25(35)17(3)26)12-8-11-21(33)28-20;/h5-7,9-10,16-18,20H,8,11-15,26H2,1-4H3,(H,27,34)(H,28,33);1H/t17-,18-,20-;/m1./s1. The molecule has 3 amide bonds. The number of halogens is 1. The number of rotatable bonds is 4. The molecule has 1 aromatic heterocycles. The van der Waals surface area contributed by atoms with Gasteiger partial charge in [-0.05, 0) is 32.6 Å². The Bertz CT molecular complexity index is 1030. The van der Waals surface area contributed by atoms with Gasteiger partial charge >= 0.3 is 0 Å². The van der Waals surface area contributed by atoms with Crippen LogP contribution in [0.25, 0.3) is 11.4 Å². The smallest absolute Gasteiger partial charge is 0.243 e. The molecule has 0 radical (unpaired) electrons. The van der Waals surface area contributed by atoms with Gasteiger partial charge in [0, 0.05) is 25.1 Å². The van der Waals surface area contributed by atoms with Crippen molar-refractivity contribution in [2.45, 2.75) is 71.6 Å². The summed E-state index contributed by atoms with van der Waals surface area (Å²) >= 11 is 0. The zero-order valence-corrected chi connectivity index (χ0v) is 22.3. The number of benzene rings is 1. The first kappa shape index (κ1) is 29.3. The summed E-state index contributed by atoms with van der Waals surface area (Å²) in [5.74, 6) is 0.703. The van der Waals surface area contributed by atoms with Crippen LogP contribution in [0, 0.1) is 5.92 Å².